The minimum absolute atomic E-state index is 0.209. The van der Waals surface area contributed by atoms with Gasteiger partial charge in [-0.1, -0.05) is 0 Å². The highest BCUT2D eigenvalue weighted by atomic mass is 32.2. The van der Waals surface area contributed by atoms with Crippen molar-refractivity contribution >= 4 is 16.0 Å². The molecule has 0 aromatic carbocycles. The van der Waals surface area contributed by atoms with Crippen molar-refractivity contribution in [3.05, 3.63) is 18.0 Å². The quantitative estimate of drug-likeness (QED) is 0.575. The number of nitrogens with one attached hydrogen (secondary N) is 1. The summed E-state index contributed by atoms with van der Waals surface area (Å²) in [4.78, 5) is 12.3. The summed E-state index contributed by atoms with van der Waals surface area (Å²) in [6.07, 6.45) is 1.03. The zero-order valence-corrected chi connectivity index (χ0v) is 6.63. The first kappa shape index (κ1) is 8.75. The van der Waals surface area contributed by atoms with E-state index in [9.17, 15) is 13.2 Å². The van der Waals surface area contributed by atoms with E-state index in [1.54, 1.807) is 0 Å². The Balaban J connectivity index is 3.17. The number of aromatic amines is 1. The highest BCUT2D eigenvalue weighted by Gasteiger charge is 2.13. The van der Waals surface area contributed by atoms with Crippen LogP contribution in [-0.4, -0.2) is 24.5 Å². The number of hydrogen-bond acceptors (Lipinski definition) is 3. The lowest BCUT2D eigenvalue weighted by molar-refractivity contribution is 0.0691. The predicted molar refractivity (Wildman–Crippen MR) is 39.1 cm³/mol. The van der Waals surface area contributed by atoms with Gasteiger partial charge in [0.1, 0.15) is 10.6 Å². The van der Waals surface area contributed by atoms with Crippen LogP contribution >= 0.6 is 0 Å². The summed E-state index contributed by atoms with van der Waals surface area (Å²) in [5.74, 6) is -1.23. The maximum Gasteiger partial charge on any atom is 0.352 e. The van der Waals surface area contributed by atoms with Crippen molar-refractivity contribution in [1.29, 1.82) is 0 Å². The summed E-state index contributed by atoms with van der Waals surface area (Å²) in [7, 11) is -3.81. The molecule has 0 spiro atoms. The topological polar surface area (TPSA) is 113 Å². The molecule has 0 aliphatic carbocycles. The van der Waals surface area contributed by atoms with E-state index in [-0.39, 0.29) is 10.6 Å². The summed E-state index contributed by atoms with van der Waals surface area (Å²) in [6.45, 7) is 0. The fourth-order valence-electron chi connectivity index (χ4n) is 0.662. The SMILES string of the molecule is NS(=O)(=O)c1c[nH]c(C(=O)O)c1. The van der Waals surface area contributed by atoms with Gasteiger partial charge >= 0.3 is 5.97 Å². The molecule has 7 heteroatoms. The molecule has 66 valence electrons. The van der Waals surface area contributed by atoms with E-state index in [0.717, 1.165) is 12.3 Å². The predicted octanol–water partition coefficient (Wildman–Crippen LogP) is -0.640. The van der Waals surface area contributed by atoms with Crippen LogP contribution in [0.4, 0.5) is 0 Å². The normalized spacial score (nSPS) is 11.4. The van der Waals surface area contributed by atoms with E-state index in [0.29, 0.717) is 0 Å². The second kappa shape index (κ2) is 2.61. The van der Waals surface area contributed by atoms with Crippen molar-refractivity contribution < 1.29 is 18.3 Å². The molecule has 0 atom stereocenters. The van der Waals surface area contributed by atoms with Gasteiger partial charge in [-0.05, 0) is 6.07 Å². The van der Waals surface area contributed by atoms with E-state index < -0.39 is 16.0 Å². The Kier molecular flexibility index (Phi) is 1.90. The molecule has 0 radical (unpaired) electrons. The number of primary sulfonamides is 1. The number of nitrogens with two attached hydrogens (primary N) is 1. The minimum Gasteiger partial charge on any atom is -0.477 e. The molecule has 0 fully saturated rings. The number of rotatable bonds is 2. The van der Waals surface area contributed by atoms with Gasteiger partial charge in [0.15, 0.2) is 0 Å². The third kappa shape index (κ3) is 1.63. The Hall–Kier alpha value is -1.34. The number of hydrogen-bond donors (Lipinski definition) is 3. The number of carbonyl (C=O) groups is 1. The Bertz CT molecular complexity index is 405. The smallest absolute Gasteiger partial charge is 0.352 e. The lowest BCUT2D eigenvalue weighted by Crippen LogP contribution is -2.10. The summed E-state index contributed by atoms with van der Waals surface area (Å²) in [6, 6.07) is 0.956. The Labute approximate surface area is 68.1 Å². The van der Waals surface area contributed by atoms with Crippen molar-refractivity contribution in [1.82, 2.24) is 4.98 Å². The van der Waals surface area contributed by atoms with E-state index in [2.05, 4.69) is 4.98 Å². The highest BCUT2D eigenvalue weighted by Crippen LogP contribution is 2.07. The average molecular weight is 190 g/mol. The molecule has 1 aromatic heterocycles. The van der Waals surface area contributed by atoms with Gasteiger partial charge in [-0.25, -0.2) is 18.4 Å². The maximum absolute atomic E-state index is 10.6. The monoisotopic (exact) mass is 190 g/mol. The standard InChI is InChI=1S/C5H6N2O4S/c6-12(10,11)3-1-4(5(8)9)7-2-3/h1-2,7H,(H,8,9)(H2,6,10,11). The largest absolute Gasteiger partial charge is 0.477 e. The van der Waals surface area contributed by atoms with Gasteiger partial charge in [-0.15, -0.1) is 0 Å². The Morgan fingerprint density at radius 2 is 2.17 bits per heavy atom. The minimum atomic E-state index is -3.81. The first-order valence-corrected chi connectivity index (χ1v) is 4.40. The molecule has 6 nitrogen and oxygen atoms in total. The van der Waals surface area contributed by atoms with Crippen LogP contribution in [0.2, 0.25) is 0 Å². The molecular weight excluding hydrogens is 184 g/mol. The number of carboxylic acids is 1. The number of carboxylic acid groups (broad SMARTS) is 1. The molecule has 0 aliphatic rings. The van der Waals surface area contributed by atoms with E-state index in [1.807, 2.05) is 0 Å². The van der Waals surface area contributed by atoms with Crippen molar-refractivity contribution in [3.8, 4) is 0 Å². The van der Waals surface area contributed by atoms with Gasteiger partial charge < -0.3 is 10.1 Å². The molecule has 1 aromatic rings. The Morgan fingerprint density at radius 1 is 1.58 bits per heavy atom. The third-order valence-electron chi connectivity index (χ3n) is 1.22. The van der Waals surface area contributed by atoms with Crippen LogP contribution < -0.4 is 5.14 Å². The zero-order chi connectivity index (χ0) is 9.35. The number of sulfonamides is 1. The third-order valence-corrected chi connectivity index (χ3v) is 2.11. The van der Waals surface area contributed by atoms with Crippen LogP contribution in [0.5, 0.6) is 0 Å². The summed E-state index contributed by atoms with van der Waals surface area (Å²) in [5.41, 5.74) is -0.209. The van der Waals surface area contributed by atoms with Crippen LogP contribution in [0.25, 0.3) is 0 Å². The second-order valence-corrected chi connectivity index (χ2v) is 3.66. The van der Waals surface area contributed by atoms with Gasteiger partial charge in [0.25, 0.3) is 0 Å². The molecule has 0 bridgehead atoms. The molecule has 0 amide bonds. The van der Waals surface area contributed by atoms with Crippen LogP contribution in [-0.2, 0) is 10.0 Å². The maximum atomic E-state index is 10.6. The molecule has 0 saturated heterocycles. The fourth-order valence-corrected chi connectivity index (χ4v) is 1.17. The number of H-pyrrole nitrogens is 1. The summed E-state index contributed by atoms with van der Waals surface area (Å²) >= 11 is 0. The van der Waals surface area contributed by atoms with Gasteiger partial charge in [-0.3, -0.25) is 0 Å². The molecule has 4 N–H and O–H groups in total. The molecule has 12 heavy (non-hydrogen) atoms. The molecule has 1 heterocycles. The summed E-state index contributed by atoms with van der Waals surface area (Å²) < 4.78 is 21.3. The van der Waals surface area contributed by atoms with E-state index in [4.69, 9.17) is 10.2 Å². The second-order valence-electron chi connectivity index (χ2n) is 2.10. The highest BCUT2D eigenvalue weighted by molar-refractivity contribution is 7.89. The van der Waals surface area contributed by atoms with E-state index >= 15 is 0 Å². The van der Waals surface area contributed by atoms with Crippen LogP contribution in [0, 0.1) is 0 Å². The zero-order valence-electron chi connectivity index (χ0n) is 5.81. The summed E-state index contributed by atoms with van der Waals surface area (Å²) in [5, 5.41) is 13.1. The lowest BCUT2D eigenvalue weighted by atomic mass is 10.4. The van der Waals surface area contributed by atoms with Crippen molar-refractivity contribution in [2.75, 3.05) is 0 Å². The van der Waals surface area contributed by atoms with Gasteiger partial charge in [0.2, 0.25) is 10.0 Å². The van der Waals surface area contributed by atoms with Crippen molar-refractivity contribution in [3.63, 3.8) is 0 Å². The first-order chi connectivity index (χ1) is 5.41. The van der Waals surface area contributed by atoms with Crippen LogP contribution in [0.15, 0.2) is 17.2 Å². The Morgan fingerprint density at radius 3 is 2.42 bits per heavy atom. The number of aromatic nitrogens is 1. The first-order valence-electron chi connectivity index (χ1n) is 2.86. The average Bonchev–Trinajstić information content (AvgIpc) is 2.30. The molecule has 0 unspecified atom stereocenters. The van der Waals surface area contributed by atoms with Gasteiger partial charge in [0, 0.05) is 6.20 Å². The van der Waals surface area contributed by atoms with Crippen LogP contribution in [0.1, 0.15) is 10.5 Å². The molecule has 1 rings (SSSR count). The lowest BCUT2D eigenvalue weighted by Gasteiger charge is -1.87. The van der Waals surface area contributed by atoms with Gasteiger partial charge in [0.05, 0.1) is 0 Å². The number of aromatic carboxylic acids is 1. The van der Waals surface area contributed by atoms with Crippen molar-refractivity contribution in [2.24, 2.45) is 5.14 Å². The fraction of sp³-hybridized carbons (Fsp3) is 0. The van der Waals surface area contributed by atoms with Crippen LogP contribution in [0.3, 0.4) is 0 Å². The molecule has 0 aliphatic heterocycles. The molecule has 0 saturated carbocycles. The van der Waals surface area contributed by atoms with Crippen molar-refractivity contribution in [2.45, 2.75) is 4.90 Å². The van der Waals surface area contributed by atoms with Gasteiger partial charge in [-0.2, -0.15) is 0 Å². The molecular formula is C5H6N2O4S. The van der Waals surface area contributed by atoms with E-state index in [1.165, 1.54) is 0 Å².